The maximum Gasteiger partial charge on any atom is 0.244 e. The molecule has 0 aromatic carbocycles. The van der Waals surface area contributed by atoms with E-state index in [1.165, 1.54) is 6.07 Å². The van der Waals surface area contributed by atoms with E-state index in [4.69, 9.17) is 4.42 Å². The van der Waals surface area contributed by atoms with Gasteiger partial charge in [0.05, 0.1) is 6.54 Å². The van der Waals surface area contributed by atoms with Crippen molar-refractivity contribution in [2.24, 2.45) is 0 Å². The van der Waals surface area contributed by atoms with Crippen molar-refractivity contribution in [1.82, 2.24) is 14.9 Å². The Morgan fingerprint density at radius 3 is 2.57 bits per heavy atom. The Balaban J connectivity index is 2.57. The lowest BCUT2D eigenvalue weighted by Crippen LogP contribution is -2.30. The third-order valence-corrected chi connectivity index (χ3v) is 5.50. The van der Waals surface area contributed by atoms with Crippen LogP contribution in [0.3, 0.4) is 0 Å². The number of rotatable bonds is 10. The predicted octanol–water partition coefficient (Wildman–Crippen LogP) is 1.77. The molecule has 6 nitrogen and oxygen atoms in total. The van der Waals surface area contributed by atoms with Gasteiger partial charge in [0.25, 0.3) is 0 Å². The van der Waals surface area contributed by atoms with Crippen LogP contribution in [0.4, 0.5) is 0 Å². The summed E-state index contributed by atoms with van der Waals surface area (Å²) in [6.45, 7) is 7.92. The van der Waals surface area contributed by atoms with Crippen molar-refractivity contribution in [2.75, 3.05) is 33.2 Å². The normalized spacial score (nSPS) is 12.2. The highest BCUT2D eigenvalue weighted by molar-refractivity contribution is 9.10. The van der Waals surface area contributed by atoms with Crippen molar-refractivity contribution >= 4 is 26.0 Å². The molecule has 0 unspecified atom stereocenters. The summed E-state index contributed by atoms with van der Waals surface area (Å²) in [6, 6.07) is 1.54. The zero-order chi connectivity index (χ0) is 15.9. The highest BCUT2D eigenvalue weighted by Gasteiger charge is 2.21. The van der Waals surface area contributed by atoms with Crippen LogP contribution >= 0.6 is 15.9 Å². The van der Waals surface area contributed by atoms with Crippen molar-refractivity contribution in [3.8, 4) is 0 Å². The first kappa shape index (κ1) is 18.6. The molecule has 0 spiro atoms. The molecule has 0 radical (unpaired) electrons. The molecule has 0 bridgehead atoms. The largest absolute Gasteiger partial charge is 0.452 e. The molecule has 1 aromatic heterocycles. The molecule has 0 saturated carbocycles. The lowest BCUT2D eigenvalue weighted by Gasteiger charge is -2.17. The lowest BCUT2D eigenvalue weighted by molar-refractivity contribution is 0.300. The van der Waals surface area contributed by atoms with Gasteiger partial charge in [-0.25, -0.2) is 13.1 Å². The molecule has 0 amide bonds. The van der Waals surface area contributed by atoms with E-state index in [9.17, 15) is 8.42 Å². The fourth-order valence-electron chi connectivity index (χ4n) is 1.97. The molecule has 2 N–H and O–H groups in total. The van der Waals surface area contributed by atoms with Crippen LogP contribution in [0.5, 0.6) is 0 Å². The Bertz CT molecular complexity index is 527. The topological polar surface area (TPSA) is 74.6 Å². The van der Waals surface area contributed by atoms with Crippen LogP contribution in [-0.2, 0) is 16.6 Å². The van der Waals surface area contributed by atoms with E-state index >= 15 is 0 Å². The van der Waals surface area contributed by atoms with Crippen LogP contribution in [0.25, 0.3) is 0 Å². The zero-order valence-electron chi connectivity index (χ0n) is 12.8. The van der Waals surface area contributed by atoms with Crippen LogP contribution in [-0.4, -0.2) is 46.5 Å². The van der Waals surface area contributed by atoms with E-state index in [1.54, 1.807) is 7.05 Å². The average Bonchev–Trinajstić information content (AvgIpc) is 2.81. The van der Waals surface area contributed by atoms with E-state index in [0.29, 0.717) is 18.8 Å². The molecule has 0 aliphatic heterocycles. The molecule has 1 aromatic rings. The van der Waals surface area contributed by atoms with Gasteiger partial charge in [-0.05, 0) is 49.0 Å². The number of nitrogens with one attached hydrogen (secondary N) is 2. The molecular weight excluding hydrogens is 358 g/mol. The molecule has 1 rings (SSSR count). The smallest absolute Gasteiger partial charge is 0.244 e. The standard InChI is InChI=1S/C13H24BrN3O3S/c1-4-17(5-2)8-6-7-16-21(18,19)12-9-11(10-15-3)20-13(12)14/h9,15-16H,4-8,10H2,1-3H3. The summed E-state index contributed by atoms with van der Waals surface area (Å²) in [5, 5.41) is 2.92. The summed E-state index contributed by atoms with van der Waals surface area (Å²) in [5.74, 6) is 0.577. The first-order valence-corrected chi connectivity index (χ1v) is 9.37. The first-order chi connectivity index (χ1) is 9.94. The quantitative estimate of drug-likeness (QED) is 0.604. The molecule has 21 heavy (non-hydrogen) atoms. The molecule has 0 saturated heterocycles. The van der Waals surface area contributed by atoms with Crippen LogP contribution in [0.15, 0.2) is 20.0 Å². The van der Waals surface area contributed by atoms with Gasteiger partial charge in [-0.1, -0.05) is 13.8 Å². The van der Waals surface area contributed by atoms with Crippen molar-refractivity contribution in [3.63, 3.8) is 0 Å². The molecule has 0 fully saturated rings. The lowest BCUT2D eigenvalue weighted by atomic mass is 10.4. The van der Waals surface area contributed by atoms with Crippen molar-refractivity contribution in [2.45, 2.75) is 31.7 Å². The molecule has 122 valence electrons. The summed E-state index contributed by atoms with van der Waals surface area (Å²) in [6.07, 6.45) is 0.778. The first-order valence-electron chi connectivity index (χ1n) is 7.09. The maximum absolute atomic E-state index is 12.2. The van der Waals surface area contributed by atoms with Crippen molar-refractivity contribution in [1.29, 1.82) is 0 Å². The number of furan rings is 1. The second-order valence-corrected chi connectivity index (χ2v) is 7.11. The Labute approximate surface area is 135 Å². The molecule has 0 aliphatic rings. The minimum Gasteiger partial charge on any atom is -0.452 e. The highest BCUT2D eigenvalue weighted by atomic mass is 79.9. The monoisotopic (exact) mass is 381 g/mol. The fourth-order valence-corrected chi connectivity index (χ4v) is 4.04. The molecule has 0 aliphatic carbocycles. The van der Waals surface area contributed by atoms with E-state index < -0.39 is 10.0 Å². The zero-order valence-corrected chi connectivity index (χ0v) is 15.2. The van der Waals surface area contributed by atoms with Gasteiger partial charge in [0.1, 0.15) is 10.7 Å². The Morgan fingerprint density at radius 1 is 1.33 bits per heavy atom. The van der Waals surface area contributed by atoms with Gasteiger partial charge in [0.2, 0.25) is 10.0 Å². The highest BCUT2D eigenvalue weighted by Crippen LogP contribution is 2.25. The van der Waals surface area contributed by atoms with Crippen molar-refractivity contribution < 1.29 is 12.8 Å². The molecular formula is C13H24BrN3O3S. The summed E-state index contributed by atoms with van der Waals surface area (Å²) in [5.41, 5.74) is 0. The van der Waals surface area contributed by atoms with E-state index in [0.717, 1.165) is 26.1 Å². The summed E-state index contributed by atoms with van der Waals surface area (Å²) in [7, 11) is -1.76. The summed E-state index contributed by atoms with van der Waals surface area (Å²) < 4.78 is 32.6. The van der Waals surface area contributed by atoms with Gasteiger partial charge in [0.15, 0.2) is 4.67 Å². The van der Waals surface area contributed by atoms with Gasteiger partial charge in [0, 0.05) is 12.6 Å². The third-order valence-electron chi connectivity index (χ3n) is 3.18. The second-order valence-electron chi connectivity index (χ2n) is 4.66. The van der Waals surface area contributed by atoms with Crippen LogP contribution < -0.4 is 10.0 Å². The third kappa shape index (κ3) is 5.71. The number of hydrogen-bond donors (Lipinski definition) is 2. The minimum absolute atomic E-state index is 0.149. The van der Waals surface area contributed by atoms with Gasteiger partial charge in [-0.3, -0.25) is 0 Å². The predicted molar refractivity (Wildman–Crippen MR) is 86.8 cm³/mol. The van der Waals surface area contributed by atoms with Crippen LogP contribution in [0, 0.1) is 0 Å². The average molecular weight is 382 g/mol. The van der Waals surface area contributed by atoms with Crippen molar-refractivity contribution in [3.05, 3.63) is 16.5 Å². The molecule has 8 heteroatoms. The van der Waals surface area contributed by atoms with Gasteiger partial charge in [-0.2, -0.15) is 0 Å². The number of halogens is 1. The maximum atomic E-state index is 12.2. The summed E-state index contributed by atoms with van der Waals surface area (Å²) in [4.78, 5) is 2.41. The Hall–Kier alpha value is -0.410. The molecule has 0 atom stereocenters. The number of sulfonamides is 1. The van der Waals surface area contributed by atoms with Crippen LogP contribution in [0.1, 0.15) is 26.0 Å². The number of hydrogen-bond acceptors (Lipinski definition) is 5. The molecule has 1 heterocycles. The van der Waals surface area contributed by atoms with E-state index in [2.05, 4.69) is 44.7 Å². The minimum atomic E-state index is -3.54. The Kier molecular flexibility index (Phi) is 7.89. The van der Waals surface area contributed by atoms with E-state index in [1.807, 2.05) is 0 Å². The van der Waals surface area contributed by atoms with Gasteiger partial charge >= 0.3 is 0 Å². The fraction of sp³-hybridized carbons (Fsp3) is 0.692. The summed E-state index contributed by atoms with van der Waals surface area (Å²) >= 11 is 3.16. The van der Waals surface area contributed by atoms with Gasteiger partial charge in [-0.15, -0.1) is 0 Å². The van der Waals surface area contributed by atoms with Crippen LogP contribution in [0.2, 0.25) is 0 Å². The Morgan fingerprint density at radius 2 is 2.00 bits per heavy atom. The second kappa shape index (κ2) is 8.89. The van der Waals surface area contributed by atoms with E-state index in [-0.39, 0.29) is 9.56 Å². The van der Waals surface area contributed by atoms with Gasteiger partial charge < -0.3 is 14.6 Å². The SMILES string of the molecule is CCN(CC)CCCNS(=O)(=O)c1cc(CNC)oc1Br. The number of nitrogens with zero attached hydrogens (tertiary/aromatic N) is 1.